The van der Waals surface area contributed by atoms with Crippen LogP contribution in [0.4, 0.5) is 5.82 Å². The van der Waals surface area contributed by atoms with E-state index in [2.05, 4.69) is 37.8 Å². The molecule has 2 rings (SSSR count). The normalized spacial score (nSPS) is 22.4. The van der Waals surface area contributed by atoms with E-state index in [0.29, 0.717) is 17.3 Å². The molecule has 5 heteroatoms. The van der Waals surface area contributed by atoms with Gasteiger partial charge in [0.25, 0.3) is 0 Å². The number of ether oxygens (including phenoxy) is 1. The average molecular weight is 314 g/mol. The topological polar surface area (TPSA) is 38.2 Å². The Balaban J connectivity index is 2.02. The first-order valence-electron chi connectivity index (χ1n) is 6.42. The van der Waals surface area contributed by atoms with Crippen molar-refractivity contribution in [3.63, 3.8) is 0 Å². The Morgan fingerprint density at radius 3 is 2.78 bits per heavy atom. The van der Waals surface area contributed by atoms with Gasteiger partial charge in [-0.2, -0.15) is 4.98 Å². The van der Waals surface area contributed by atoms with E-state index in [9.17, 15) is 0 Å². The molecular formula is C13H20BrN3O. The zero-order valence-corrected chi connectivity index (χ0v) is 12.8. The van der Waals surface area contributed by atoms with Crippen LogP contribution in [0.1, 0.15) is 25.6 Å². The highest BCUT2D eigenvalue weighted by Crippen LogP contribution is 2.34. The van der Waals surface area contributed by atoms with E-state index in [-0.39, 0.29) is 0 Å². The number of halogens is 1. The lowest BCUT2D eigenvalue weighted by Crippen LogP contribution is -2.35. The lowest BCUT2D eigenvalue weighted by molar-refractivity contribution is 0.324. The van der Waals surface area contributed by atoms with Gasteiger partial charge in [-0.3, -0.25) is 0 Å². The Bertz CT molecular complexity index is 407. The molecule has 0 aliphatic heterocycles. The van der Waals surface area contributed by atoms with Crippen LogP contribution in [-0.4, -0.2) is 35.0 Å². The molecule has 1 saturated carbocycles. The van der Waals surface area contributed by atoms with Gasteiger partial charge in [0.2, 0.25) is 5.88 Å². The first-order chi connectivity index (χ1) is 8.58. The number of hydrogen-bond donors (Lipinski definition) is 0. The molecule has 1 aromatic heterocycles. The third-order valence-corrected chi connectivity index (χ3v) is 3.94. The second kappa shape index (κ2) is 5.87. The Morgan fingerprint density at radius 2 is 2.17 bits per heavy atom. The van der Waals surface area contributed by atoms with Crippen molar-refractivity contribution in [1.82, 2.24) is 9.97 Å². The van der Waals surface area contributed by atoms with Crippen molar-refractivity contribution >= 4 is 21.7 Å². The zero-order chi connectivity index (χ0) is 13.1. The van der Waals surface area contributed by atoms with Gasteiger partial charge in [-0.25, -0.2) is 4.98 Å². The molecule has 0 radical (unpaired) electrons. The summed E-state index contributed by atoms with van der Waals surface area (Å²) in [7, 11) is 2.08. The Morgan fingerprint density at radius 1 is 1.44 bits per heavy atom. The van der Waals surface area contributed by atoms with Gasteiger partial charge in [0.1, 0.15) is 11.6 Å². The largest absolute Gasteiger partial charge is 0.478 e. The molecule has 0 N–H and O–H groups in total. The second-order valence-corrected chi connectivity index (χ2v) is 6.15. The van der Waals surface area contributed by atoms with Crippen molar-refractivity contribution in [3.05, 3.63) is 11.9 Å². The van der Waals surface area contributed by atoms with Gasteiger partial charge in [0.05, 0.1) is 6.61 Å². The lowest BCUT2D eigenvalue weighted by atomic mass is 9.85. The summed E-state index contributed by atoms with van der Waals surface area (Å²) in [5.41, 5.74) is 0. The number of aromatic nitrogens is 2. The first-order valence-corrected chi connectivity index (χ1v) is 7.33. The van der Waals surface area contributed by atoms with Crippen LogP contribution in [0.15, 0.2) is 6.07 Å². The molecule has 18 heavy (non-hydrogen) atoms. The van der Waals surface area contributed by atoms with Crippen LogP contribution >= 0.6 is 15.9 Å². The van der Waals surface area contributed by atoms with Crippen molar-refractivity contribution < 1.29 is 4.74 Å². The summed E-state index contributed by atoms with van der Waals surface area (Å²) in [6.07, 6.45) is 2.51. The van der Waals surface area contributed by atoms with Crippen molar-refractivity contribution in [3.8, 4) is 5.88 Å². The molecule has 1 aliphatic carbocycles. The van der Waals surface area contributed by atoms with Gasteiger partial charge in [-0.1, -0.05) is 15.9 Å². The Kier molecular flexibility index (Phi) is 4.43. The van der Waals surface area contributed by atoms with Gasteiger partial charge in [-0.15, -0.1) is 0 Å². The average Bonchev–Trinajstić information content (AvgIpc) is 2.26. The Labute approximate surface area is 117 Å². The summed E-state index contributed by atoms with van der Waals surface area (Å²) >= 11 is 3.63. The molecular weight excluding hydrogens is 294 g/mol. The van der Waals surface area contributed by atoms with E-state index in [1.54, 1.807) is 0 Å². The maximum atomic E-state index is 5.45. The quantitative estimate of drug-likeness (QED) is 0.783. The van der Waals surface area contributed by atoms with E-state index in [1.165, 1.54) is 12.8 Å². The van der Waals surface area contributed by atoms with Crippen LogP contribution < -0.4 is 9.64 Å². The maximum Gasteiger partial charge on any atom is 0.218 e. The number of aryl methyl sites for hydroxylation is 1. The first kappa shape index (κ1) is 13.6. The lowest BCUT2D eigenvalue weighted by Gasteiger charge is -2.34. The Hall–Kier alpha value is -0.840. The standard InChI is InChI=1S/C13H20BrN3O/c1-4-18-13-7-12(15-9(2)16-13)17(3)8-10-5-11(14)6-10/h7,10-11H,4-6,8H2,1-3H3. The highest BCUT2D eigenvalue weighted by molar-refractivity contribution is 9.09. The van der Waals surface area contributed by atoms with Gasteiger partial charge in [-0.05, 0) is 32.6 Å². The molecule has 0 saturated heterocycles. The molecule has 0 aromatic carbocycles. The summed E-state index contributed by atoms with van der Waals surface area (Å²) in [6, 6.07) is 1.92. The van der Waals surface area contributed by atoms with Gasteiger partial charge in [0, 0.05) is 24.5 Å². The van der Waals surface area contributed by atoms with E-state index < -0.39 is 0 Å². The predicted octanol–water partition coefficient (Wildman–Crippen LogP) is 2.79. The molecule has 1 aliphatic rings. The number of alkyl halides is 1. The number of anilines is 1. The maximum absolute atomic E-state index is 5.45. The highest BCUT2D eigenvalue weighted by atomic mass is 79.9. The van der Waals surface area contributed by atoms with Crippen LogP contribution in [0.5, 0.6) is 5.88 Å². The van der Waals surface area contributed by atoms with Gasteiger partial charge in [0.15, 0.2) is 0 Å². The molecule has 1 aromatic rings. The minimum atomic E-state index is 0.632. The second-order valence-electron chi connectivity index (χ2n) is 4.86. The van der Waals surface area contributed by atoms with Crippen molar-refractivity contribution in [2.75, 3.05) is 25.1 Å². The highest BCUT2D eigenvalue weighted by Gasteiger charge is 2.28. The molecule has 0 unspecified atom stereocenters. The van der Waals surface area contributed by atoms with E-state index in [4.69, 9.17) is 4.74 Å². The van der Waals surface area contributed by atoms with E-state index in [0.717, 1.165) is 24.1 Å². The molecule has 0 bridgehead atoms. The van der Waals surface area contributed by atoms with E-state index in [1.807, 2.05) is 19.9 Å². The number of hydrogen-bond acceptors (Lipinski definition) is 4. The van der Waals surface area contributed by atoms with Gasteiger partial charge < -0.3 is 9.64 Å². The minimum Gasteiger partial charge on any atom is -0.478 e. The summed E-state index contributed by atoms with van der Waals surface area (Å²) < 4.78 is 5.45. The monoisotopic (exact) mass is 313 g/mol. The third-order valence-electron chi connectivity index (χ3n) is 3.19. The smallest absolute Gasteiger partial charge is 0.218 e. The summed E-state index contributed by atoms with van der Waals surface area (Å²) in [6.45, 7) is 5.54. The molecule has 100 valence electrons. The molecule has 1 heterocycles. The zero-order valence-electron chi connectivity index (χ0n) is 11.2. The summed E-state index contributed by atoms with van der Waals surface area (Å²) in [4.78, 5) is 11.6. The fraction of sp³-hybridized carbons (Fsp3) is 0.692. The fourth-order valence-corrected chi connectivity index (χ4v) is 3.28. The van der Waals surface area contributed by atoms with Crippen LogP contribution in [-0.2, 0) is 0 Å². The number of nitrogens with zero attached hydrogens (tertiary/aromatic N) is 3. The fourth-order valence-electron chi connectivity index (χ4n) is 2.23. The molecule has 1 fully saturated rings. The van der Waals surface area contributed by atoms with E-state index >= 15 is 0 Å². The number of rotatable bonds is 5. The van der Waals surface area contributed by atoms with Crippen LogP contribution in [0.2, 0.25) is 0 Å². The van der Waals surface area contributed by atoms with Crippen LogP contribution in [0.3, 0.4) is 0 Å². The summed E-state index contributed by atoms with van der Waals surface area (Å²) in [5.74, 6) is 3.14. The molecule has 0 atom stereocenters. The van der Waals surface area contributed by atoms with Crippen molar-refractivity contribution in [1.29, 1.82) is 0 Å². The molecule has 4 nitrogen and oxygen atoms in total. The van der Waals surface area contributed by atoms with Crippen LogP contribution in [0.25, 0.3) is 0 Å². The minimum absolute atomic E-state index is 0.632. The summed E-state index contributed by atoms with van der Waals surface area (Å²) in [5, 5.41) is 0. The van der Waals surface area contributed by atoms with Gasteiger partial charge >= 0.3 is 0 Å². The SMILES string of the molecule is CCOc1cc(N(C)CC2CC(Br)C2)nc(C)n1. The van der Waals surface area contributed by atoms with Crippen molar-refractivity contribution in [2.45, 2.75) is 31.5 Å². The van der Waals surface area contributed by atoms with Crippen LogP contribution in [0, 0.1) is 12.8 Å². The van der Waals surface area contributed by atoms with Crippen molar-refractivity contribution in [2.24, 2.45) is 5.92 Å². The third kappa shape index (κ3) is 3.34. The predicted molar refractivity (Wildman–Crippen MR) is 76.6 cm³/mol. The molecule has 0 spiro atoms. The molecule has 0 amide bonds.